The van der Waals surface area contributed by atoms with Crippen molar-refractivity contribution in [2.24, 2.45) is 5.92 Å². The van der Waals surface area contributed by atoms with Gasteiger partial charge in [-0.25, -0.2) is 0 Å². The first-order chi connectivity index (χ1) is 12.0. The van der Waals surface area contributed by atoms with Crippen LogP contribution in [-0.4, -0.2) is 18.6 Å². The molecule has 0 bridgehead atoms. The molecule has 4 nitrogen and oxygen atoms in total. The fraction of sp³-hybridized carbons (Fsp3) is 0.381. The van der Waals surface area contributed by atoms with Crippen molar-refractivity contribution < 1.29 is 14.3 Å². The van der Waals surface area contributed by atoms with Crippen LogP contribution in [-0.2, 0) is 0 Å². The summed E-state index contributed by atoms with van der Waals surface area (Å²) in [4.78, 5) is 12.5. The normalized spacial score (nSPS) is 11.9. The topological polar surface area (TPSA) is 47.6 Å². The maximum Gasteiger partial charge on any atom is 0.255 e. The predicted molar refractivity (Wildman–Crippen MR) is 102 cm³/mol. The zero-order valence-electron chi connectivity index (χ0n) is 15.4. The van der Waals surface area contributed by atoms with Gasteiger partial charge < -0.3 is 14.8 Å². The van der Waals surface area contributed by atoms with Gasteiger partial charge in [0.2, 0.25) is 0 Å². The van der Waals surface area contributed by atoms with Crippen LogP contribution < -0.4 is 14.8 Å². The minimum Gasteiger partial charge on any atom is -0.491 e. The van der Waals surface area contributed by atoms with Crippen molar-refractivity contribution in [3.05, 3.63) is 54.1 Å². The van der Waals surface area contributed by atoms with E-state index < -0.39 is 0 Å². The van der Waals surface area contributed by atoms with Gasteiger partial charge in [0, 0.05) is 5.56 Å². The van der Waals surface area contributed by atoms with Gasteiger partial charge in [0.05, 0.1) is 18.4 Å². The van der Waals surface area contributed by atoms with Gasteiger partial charge in [-0.15, -0.1) is 0 Å². The zero-order valence-corrected chi connectivity index (χ0v) is 15.4. The lowest BCUT2D eigenvalue weighted by molar-refractivity contribution is 0.102. The summed E-state index contributed by atoms with van der Waals surface area (Å²) in [5, 5.41) is 2.92. The summed E-state index contributed by atoms with van der Waals surface area (Å²) in [5.74, 6) is 1.70. The predicted octanol–water partition coefficient (Wildman–Crippen LogP) is 5.15. The fourth-order valence-corrected chi connectivity index (χ4v) is 2.15. The zero-order chi connectivity index (χ0) is 18.2. The number of hydrogen-bond acceptors (Lipinski definition) is 3. The van der Waals surface area contributed by atoms with Crippen LogP contribution in [0.2, 0.25) is 0 Å². The van der Waals surface area contributed by atoms with Crippen LogP contribution >= 0.6 is 0 Å². The van der Waals surface area contributed by atoms with Gasteiger partial charge in [-0.3, -0.25) is 4.79 Å². The van der Waals surface area contributed by atoms with Crippen LogP contribution in [0.3, 0.4) is 0 Å². The molecule has 25 heavy (non-hydrogen) atoms. The Labute approximate surface area is 150 Å². The maximum absolute atomic E-state index is 12.5. The van der Waals surface area contributed by atoms with Crippen molar-refractivity contribution in [2.45, 2.75) is 40.2 Å². The largest absolute Gasteiger partial charge is 0.491 e. The monoisotopic (exact) mass is 341 g/mol. The van der Waals surface area contributed by atoms with Crippen LogP contribution in [0.15, 0.2) is 48.5 Å². The van der Waals surface area contributed by atoms with Crippen molar-refractivity contribution in [1.29, 1.82) is 0 Å². The first kappa shape index (κ1) is 18.8. The Bertz CT molecular complexity index is 680. The van der Waals surface area contributed by atoms with E-state index in [0.29, 0.717) is 29.5 Å². The quantitative estimate of drug-likeness (QED) is 0.722. The Kier molecular flexibility index (Phi) is 6.87. The SMILES string of the molecule is CCC(C)Oc1ccc(C(=O)Nc2ccccc2OCC(C)C)cc1. The molecule has 0 aliphatic carbocycles. The number of hydrogen-bond donors (Lipinski definition) is 1. The van der Waals surface area contributed by atoms with Gasteiger partial charge in [-0.1, -0.05) is 32.9 Å². The lowest BCUT2D eigenvalue weighted by Crippen LogP contribution is -2.14. The molecule has 1 amide bonds. The number of carbonyl (C=O) groups is 1. The van der Waals surface area contributed by atoms with Crippen molar-refractivity contribution in [3.8, 4) is 11.5 Å². The number of nitrogens with one attached hydrogen (secondary N) is 1. The van der Waals surface area contributed by atoms with Gasteiger partial charge in [0.1, 0.15) is 11.5 Å². The van der Waals surface area contributed by atoms with Gasteiger partial charge in [0.25, 0.3) is 5.91 Å². The molecule has 0 heterocycles. The molecule has 0 fully saturated rings. The Morgan fingerprint density at radius 1 is 1.04 bits per heavy atom. The van der Waals surface area contributed by atoms with Crippen LogP contribution in [0.4, 0.5) is 5.69 Å². The van der Waals surface area contributed by atoms with E-state index in [2.05, 4.69) is 26.1 Å². The molecule has 0 aliphatic heterocycles. The summed E-state index contributed by atoms with van der Waals surface area (Å²) in [6.45, 7) is 8.88. The molecule has 0 spiro atoms. The van der Waals surface area contributed by atoms with E-state index in [1.54, 1.807) is 12.1 Å². The first-order valence-corrected chi connectivity index (χ1v) is 8.79. The van der Waals surface area contributed by atoms with E-state index in [1.807, 2.05) is 43.3 Å². The van der Waals surface area contributed by atoms with Crippen molar-refractivity contribution in [3.63, 3.8) is 0 Å². The molecular weight excluding hydrogens is 314 g/mol. The van der Waals surface area contributed by atoms with Crippen LogP contribution in [0.5, 0.6) is 11.5 Å². The second-order valence-electron chi connectivity index (χ2n) is 6.52. The maximum atomic E-state index is 12.5. The molecule has 0 aromatic heterocycles. The first-order valence-electron chi connectivity index (χ1n) is 8.79. The molecule has 1 atom stereocenters. The molecule has 0 aliphatic rings. The molecule has 0 saturated carbocycles. The molecule has 4 heteroatoms. The Morgan fingerprint density at radius 2 is 1.72 bits per heavy atom. The van der Waals surface area contributed by atoms with Crippen molar-refractivity contribution in [2.75, 3.05) is 11.9 Å². The third-order valence-corrected chi connectivity index (χ3v) is 3.74. The Morgan fingerprint density at radius 3 is 2.36 bits per heavy atom. The summed E-state index contributed by atoms with van der Waals surface area (Å²) in [6.07, 6.45) is 1.10. The van der Waals surface area contributed by atoms with Crippen LogP contribution in [0.1, 0.15) is 44.5 Å². The summed E-state index contributed by atoms with van der Waals surface area (Å²) in [7, 11) is 0. The van der Waals surface area contributed by atoms with E-state index >= 15 is 0 Å². The van der Waals surface area contributed by atoms with E-state index in [0.717, 1.165) is 12.2 Å². The lowest BCUT2D eigenvalue weighted by atomic mass is 10.2. The molecule has 0 saturated heterocycles. The molecule has 2 aromatic carbocycles. The average Bonchev–Trinajstić information content (AvgIpc) is 2.61. The smallest absolute Gasteiger partial charge is 0.255 e. The Hall–Kier alpha value is -2.49. The van der Waals surface area contributed by atoms with Gasteiger partial charge >= 0.3 is 0 Å². The Balaban J connectivity index is 2.04. The highest BCUT2D eigenvalue weighted by Gasteiger charge is 2.11. The number of para-hydroxylation sites is 2. The van der Waals surface area contributed by atoms with Crippen LogP contribution in [0, 0.1) is 5.92 Å². The number of amides is 1. The second kappa shape index (κ2) is 9.11. The molecule has 0 radical (unpaired) electrons. The van der Waals surface area contributed by atoms with Crippen molar-refractivity contribution >= 4 is 11.6 Å². The molecule has 2 aromatic rings. The minimum absolute atomic E-state index is 0.157. The molecule has 134 valence electrons. The van der Waals surface area contributed by atoms with Gasteiger partial charge in [0.15, 0.2) is 0 Å². The third kappa shape index (κ3) is 5.82. The molecule has 1 unspecified atom stereocenters. The molecular formula is C21H27NO3. The number of rotatable bonds is 8. The molecule has 1 N–H and O–H groups in total. The minimum atomic E-state index is -0.171. The van der Waals surface area contributed by atoms with E-state index in [9.17, 15) is 4.79 Å². The summed E-state index contributed by atoms with van der Waals surface area (Å²) >= 11 is 0. The highest BCUT2D eigenvalue weighted by Crippen LogP contribution is 2.25. The fourth-order valence-electron chi connectivity index (χ4n) is 2.15. The van der Waals surface area contributed by atoms with E-state index in [1.165, 1.54) is 0 Å². The van der Waals surface area contributed by atoms with Gasteiger partial charge in [-0.05, 0) is 55.7 Å². The molecule has 2 rings (SSSR count). The number of ether oxygens (including phenoxy) is 2. The standard InChI is InChI=1S/C21H27NO3/c1-5-16(4)25-18-12-10-17(11-13-18)21(23)22-19-8-6-7-9-20(19)24-14-15(2)3/h6-13,15-16H,5,14H2,1-4H3,(H,22,23). The summed E-state index contributed by atoms with van der Waals surface area (Å²) in [6, 6.07) is 14.7. The average molecular weight is 341 g/mol. The highest BCUT2D eigenvalue weighted by atomic mass is 16.5. The number of anilines is 1. The number of carbonyl (C=O) groups excluding carboxylic acids is 1. The van der Waals surface area contributed by atoms with E-state index in [-0.39, 0.29) is 12.0 Å². The highest BCUT2D eigenvalue weighted by molar-refractivity contribution is 6.05. The van der Waals surface area contributed by atoms with Gasteiger partial charge in [-0.2, -0.15) is 0 Å². The second-order valence-corrected chi connectivity index (χ2v) is 6.52. The van der Waals surface area contributed by atoms with Crippen LogP contribution in [0.25, 0.3) is 0 Å². The van der Waals surface area contributed by atoms with E-state index in [4.69, 9.17) is 9.47 Å². The summed E-state index contributed by atoms with van der Waals surface area (Å²) in [5.41, 5.74) is 1.25. The van der Waals surface area contributed by atoms with Crippen molar-refractivity contribution in [1.82, 2.24) is 0 Å². The lowest BCUT2D eigenvalue weighted by Gasteiger charge is -2.14. The number of benzene rings is 2. The third-order valence-electron chi connectivity index (χ3n) is 3.74. The summed E-state index contributed by atoms with van der Waals surface area (Å²) < 4.78 is 11.5.